The number of rotatable bonds is 12. The van der Waals surface area contributed by atoms with E-state index in [-0.39, 0.29) is 17.3 Å². The lowest BCUT2D eigenvalue weighted by Crippen LogP contribution is -2.03. The summed E-state index contributed by atoms with van der Waals surface area (Å²) in [5, 5.41) is 6.97. The highest BCUT2D eigenvalue weighted by Crippen LogP contribution is 2.38. The predicted molar refractivity (Wildman–Crippen MR) is 355 cm³/mol. The third kappa shape index (κ3) is 8.77. The van der Waals surface area contributed by atoms with Crippen LogP contribution < -0.4 is 0 Å². The van der Waals surface area contributed by atoms with Gasteiger partial charge in [0.15, 0.2) is 17.3 Å². The molecule has 408 valence electrons. The number of carbonyl (C=O) groups excluding carboxylic acids is 3. The highest BCUT2D eigenvalue weighted by Gasteiger charge is 2.20. The molecule has 0 unspecified atom stereocenters. The molecule has 13 aromatic carbocycles. The van der Waals surface area contributed by atoms with Crippen LogP contribution in [0.3, 0.4) is 0 Å². The van der Waals surface area contributed by atoms with Gasteiger partial charge in [0.1, 0.15) is 0 Å². The van der Waals surface area contributed by atoms with Crippen LogP contribution in [-0.4, -0.2) is 31.1 Å². The molecule has 0 aliphatic heterocycles. The van der Waals surface area contributed by atoms with Crippen molar-refractivity contribution in [3.63, 3.8) is 0 Å². The first-order valence-electron chi connectivity index (χ1n) is 29.2. The summed E-state index contributed by atoms with van der Waals surface area (Å²) in [6, 6.07) is 104. The number of benzene rings is 13. The Labute approximate surface area is 501 Å². The SMILES string of the molecule is O=C(c1ccc(-c2cc(-c3ccc(C(=O)c4cccc(-n5c6ccccc6c6ccccc65)c4)cc3)cc(-c3ccc(C(=O)c4cccc(-n5c6ccccc6c6ccccc65)c4)cc3)c2)cc1)c1cccc(-n2c3ccccc3c3ccccc32)c1. The van der Waals surface area contributed by atoms with Crippen molar-refractivity contribution in [2.45, 2.75) is 0 Å². The van der Waals surface area contributed by atoms with Crippen LogP contribution in [0, 0.1) is 0 Å². The molecule has 0 N–H and O–H groups in total. The number of para-hydroxylation sites is 6. The van der Waals surface area contributed by atoms with Crippen LogP contribution in [0.2, 0.25) is 0 Å². The number of ketones is 3. The van der Waals surface area contributed by atoms with Gasteiger partial charge in [0.2, 0.25) is 0 Å². The van der Waals surface area contributed by atoms with Crippen molar-refractivity contribution in [3.05, 3.63) is 343 Å². The van der Waals surface area contributed by atoms with Crippen LogP contribution in [-0.2, 0) is 0 Å². The topological polar surface area (TPSA) is 66.0 Å². The second-order valence-corrected chi connectivity index (χ2v) is 22.3. The van der Waals surface area contributed by atoms with Crippen molar-refractivity contribution in [1.29, 1.82) is 0 Å². The summed E-state index contributed by atoms with van der Waals surface area (Å²) in [5.74, 6) is -0.209. The lowest BCUT2D eigenvalue weighted by molar-refractivity contribution is 0.103. The molecule has 16 aromatic rings. The van der Waals surface area contributed by atoms with Crippen LogP contribution in [0.4, 0.5) is 0 Å². The zero-order valence-corrected chi connectivity index (χ0v) is 47.0. The maximum atomic E-state index is 14.4. The van der Waals surface area contributed by atoms with Gasteiger partial charge in [0.25, 0.3) is 0 Å². The maximum absolute atomic E-state index is 14.4. The van der Waals surface area contributed by atoms with Crippen LogP contribution in [0.1, 0.15) is 47.8 Å². The molecule has 6 nitrogen and oxygen atoms in total. The molecule has 0 aliphatic rings. The Kier molecular flexibility index (Phi) is 12.2. The third-order valence-electron chi connectivity index (χ3n) is 17.2. The third-order valence-corrected chi connectivity index (χ3v) is 17.2. The highest BCUT2D eigenvalue weighted by molar-refractivity contribution is 6.14. The Morgan fingerprint density at radius 3 is 0.632 bits per heavy atom. The van der Waals surface area contributed by atoms with Gasteiger partial charge in [0.05, 0.1) is 33.1 Å². The molecule has 6 heteroatoms. The summed E-state index contributed by atoms with van der Waals surface area (Å²) in [6.45, 7) is 0. The molecule has 0 spiro atoms. The molecule has 3 aromatic heterocycles. The van der Waals surface area contributed by atoms with E-state index >= 15 is 0 Å². The predicted octanol–water partition coefficient (Wildman–Crippen LogP) is 19.7. The lowest BCUT2D eigenvalue weighted by Gasteiger charge is -2.13. The van der Waals surface area contributed by atoms with Gasteiger partial charge in [-0.1, -0.05) is 218 Å². The standard InChI is InChI=1S/C81H51N3O3/c85-79(58-16-13-19-64(49-58)82-73-28-7-1-22-67(73)68-23-2-8-29-74(68)82)55-40-34-52(35-41-55)61-46-62(53-36-42-56(43-37-53)80(86)59-17-14-20-65(50-59)83-75-30-9-3-24-69(75)70-25-4-10-31-76(70)83)48-63(47-61)54-38-44-57(45-39-54)81(87)60-18-15-21-66(51-60)84-77-32-11-5-26-71(77)72-27-6-12-33-78(72)84/h1-51H. The van der Waals surface area contributed by atoms with E-state index in [2.05, 4.69) is 159 Å². The first-order valence-corrected chi connectivity index (χ1v) is 29.2. The van der Waals surface area contributed by atoms with E-state index in [0.717, 1.165) is 116 Å². The summed E-state index contributed by atoms with van der Waals surface area (Å²) >= 11 is 0. The average molecular weight is 1110 g/mol. The maximum Gasteiger partial charge on any atom is 0.193 e. The zero-order chi connectivity index (χ0) is 58.1. The molecule has 0 aliphatic carbocycles. The van der Waals surface area contributed by atoms with Gasteiger partial charge in [-0.25, -0.2) is 0 Å². The molecule has 0 radical (unpaired) electrons. The minimum atomic E-state index is -0.0697. The van der Waals surface area contributed by atoms with E-state index in [1.807, 2.05) is 164 Å². The summed E-state index contributed by atoms with van der Waals surface area (Å²) in [6.07, 6.45) is 0. The first-order chi connectivity index (χ1) is 42.9. The molecule has 16 rings (SSSR count). The monoisotopic (exact) mass is 1110 g/mol. The van der Waals surface area contributed by atoms with Gasteiger partial charge < -0.3 is 13.7 Å². The Bertz CT molecular complexity index is 4740. The van der Waals surface area contributed by atoms with Gasteiger partial charge in [-0.15, -0.1) is 0 Å². The molecular formula is C81H51N3O3. The van der Waals surface area contributed by atoms with E-state index in [1.165, 1.54) is 0 Å². The molecule has 0 fully saturated rings. The van der Waals surface area contributed by atoms with E-state index in [0.29, 0.717) is 33.4 Å². The summed E-state index contributed by atoms with van der Waals surface area (Å²) in [5.41, 5.74) is 18.4. The van der Waals surface area contributed by atoms with Crippen LogP contribution in [0.15, 0.2) is 309 Å². The van der Waals surface area contributed by atoms with Gasteiger partial charge in [0, 0.05) is 82.8 Å². The zero-order valence-electron chi connectivity index (χ0n) is 47.0. The van der Waals surface area contributed by atoms with Crippen LogP contribution >= 0.6 is 0 Å². The van der Waals surface area contributed by atoms with Crippen LogP contribution in [0.25, 0.3) is 116 Å². The first kappa shape index (κ1) is 51.0. The van der Waals surface area contributed by atoms with Crippen molar-refractivity contribution < 1.29 is 14.4 Å². The Hall–Kier alpha value is -11.7. The second-order valence-electron chi connectivity index (χ2n) is 22.3. The van der Waals surface area contributed by atoms with E-state index in [4.69, 9.17) is 0 Å². The number of carbonyl (C=O) groups is 3. The van der Waals surface area contributed by atoms with E-state index in [9.17, 15) is 14.4 Å². The summed E-state index contributed by atoms with van der Waals surface area (Å²) in [7, 11) is 0. The molecule has 0 bridgehead atoms. The van der Waals surface area contributed by atoms with E-state index < -0.39 is 0 Å². The largest absolute Gasteiger partial charge is 0.309 e. The number of fused-ring (bicyclic) bond motifs is 9. The number of hydrogen-bond donors (Lipinski definition) is 0. The van der Waals surface area contributed by atoms with Crippen molar-refractivity contribution in [1.82, 2.24) is 13.7 Å². The summed E-state index contributed by atoms with van der Waals surface area (Å²) < 4.78 is 6.68. The quantitative estimate of drug-likeness (QED) is 0.115. The number of aromatic nitrogens is 3. The molecule has 0 saturated heterocycles. The van der Waals surface area contributed by atoms with Gasteiger partial charge in [-0.2, -0.15) is 0 Å². The van der Waals surface area contributed by atoms with Gasteiger partial charge in [-0.05, 0) is 124 Å². The van der Waals surface area contributed by atoms with E-state index in [1.54, 1.807) is 0 Å². The fourth-order valence-corrected chi connectivity index (χ4v) is 13.0. The van der Waals surface area contributed by atoms with Gasteiger partial charge in [-0.3, -0.25) is 14.4 Å². The molecular weight excluding hydrogens is 1060 g/mol. The Balaban J connectivity index is 0.728. The minimum absolute atomic E-state index is 0.0697. The van der Waals surface area contributed by atoms with Gasteiger partial charge >= 0.3 is 0 Å². The van der Waals surface area contributed by atoms with Crippen molar-refractivity contribution in [3.8, 4) is 50.4 Å². The fourth-order valence-electron chi connectivity index (χ4n) is 13.0. The molecule has 0 amide bonds. The fraction of sp³-hybridized carbons (Fsp3) is 0. The molecule has 87 heavy (non-hydrogen) atoms. The molecule has 0 atom stereocenters. The average Bonchev–Trinajstić information content (AvgIpc) is 3.28. The van der Waals surface area contributed by atoms with Crippen molar-refractivity contribution in [2.75, 3.05) is 0 Å². The normalized spacial score (nSPS) is 11.6. The Morgan fingerprint density at radius 1 is 0.184 bits per heavy atom. The number of nitrogens with zero attached hydrogens (tertiary/aromatic N) is 3. The molecule has 3 heterocycles. The number of hydrogen-bond acceptors (Lipinski definition) is 3. The smallest absolute Gasteiger partial charge is 0.193 e. The van der Waals surface area contributed by atoms with Crippen molar-refractivity contribution in [2.24, 2.45) is 0 Å². The lowest BCUT2D eigenvalue weighted by atomic mass is 9.91. The second kappa shape index (κ2) is 20.9. The van der Waals surface area contributed by atoms with Crippen molar-refractivity contribution >= 4 is 82.8 Å². The summed E-state index contributed by atoms with van der Waals surface area (Å²) in [4.78, 5) is 43.3. The highest BCUT2D eigenvalue weighted by atomic mass is 16.1. The Morgan fingerprint density at radius 2 is 0.402 bits per heavy atom. The minimum Gasteiger partial charge on any atom is -0.309 e. The van der Waals surface area contributed by atoms with Crippen LogP contribution in [0.5, 0.6) is 0 Å². The molecule has 0 saturated carbocycles.